The first-order chi connectivity index (χ1) is 9.22. The van der Waals surface area contributed by atoms with E-state index in [-0.39, 0.29) is 0 Å². The molecule has 3 nitrogen and oxygen atoms in total. The summed E-state index contributed by atoms with van der Waals surface area (Å²) in [4.78, 5) is 2.55. The maximum absolute atomic E-state index is 5.26. The molecule has 3 heteroatoms. The maximum atomic E-state index is 5.26. The van der Waals surface area contributed by atoms with Crippen LogP contribution in [0.15, 0.2) is 24.3 Å². The highest BCUT2D eigenvalue weighted by Crippen LogP contribution is 2.21. The van der Waals surface area contributed by atoms with Crippen LogP contribution in [0.2, 0.25) is 0 Å². The molecule has 0 radical (unpaired) electrons. The van der Waals surface area contributed by atoms with Gasteiger partial charge in [-0.05, 0) is 38.4 Å². The highest BCUT2D eigenvalue weighted by atomic mass is 16.5. The van der Waals surface area contributed by atoms with E-state index < -0.39 is 0 Å². The summed E-state index contributed by atoms with van der Waals surface area (Å²) in [5.41, 5.74) is 2.70. The molecule has 1 saturated heterocycles. The highest BCUT2D eigenvalue weighted by molar-refractivity contribution is 5.24. The van der Waals surface area contributed by atoms with E-state index in [2.05, 4.69) is 41.4 Å². The summed E-state index contributed by atoms with van der Waals surface area (Å²) in [6.45, 7) is 6.47. The molecule has 0 amide bonds. The van der Waals surface area contributed by atoms with Crippen LogP contribution in [0.5, 0.6) is 0 Å². The van der Waals surface area contributed by atoms with Crippen LogP contribution in [0.3, 0.4) is 0 Å². The van der Waals surface area contributed by atoms with Crippen molar-refractivity contribution in [3.63, 3.8) is 0 Å². The molecule has 19 heavy (non-hydrogen) atoms. The van der Waals surface area contributed by atoms with Gasteiger partial charge in [0.25, 0.3) is 0 Å². The second-order valence-electron chi connectivity index (χ2n) is 5.62. The topological polar surface area (TPSA) is 24.5 Å². The molecular formula is C16H26N2O. The fourth-order valence-corrected chi connectivity index (χ4v) is 2.87. The van der Waals surface area contributed by atoms with Crippen molar-refractivity contribution in [2.24, 2.45) is 5.92 Å². The largest absolute Gasteiger partial charge is 0.384 e. The SMILES string of the molecule is CNC(CN1CCC(COC)C1)c1ccc(C)cc1. The van der Waals surface area contributed by atoms with Gasteiger partial charge in [0, 0.05) is 26.2 Å². The number of likely N-dealkylation sites (N-methyl/N-ethyl adjacent to an activating group) is 1. The van der Waals surface area contributed by atoms with Crippen molar-refractivity contribution in [2.45, 2.75) is 19.4 Å². The minimum atomic E-state index is 0.418. The standard InChI is InChI=1S/C16H26N2O/c1-13-4-6-15(7-5-13)16(17-2)11-18-9-8-14(10-18)12-19-3/h4-7,14,16-17H,8-12H2,1-3H3. The monoisotopic (exact) mass is 262 g/mol. The van der Waals surface area contributed by atoms with Crippen LogP contribution < -0.4 is 5.32 Å². The van der Waals surface area contributed by atoms with Crippen LogP contribution in [0.4, 0.5) is 0 Å². The van der Waals surface area contributed by atoms with Crippen LogP contribution in [-0.2, 0) is 4.74 Å². The molecule has 0 aromatic heterocycles. The Hall–Kier alpha value is -0.900. The maximum Gasteiger partial charge on any atom is 0.0503 e. The predicted molar refractivity (Wildman–Crippen MR) is 79.4 cm³/mol. The minimum Gasteiger partial charge on any atom is -0.384 e. The Morgan fingerprint density at radius 3 is 2.74 bits per heavy atom. The van der Waals surface area contributed by atoms with E-state index >= 15 is 0 Å². The van der Waals surface area contributed by atoms with Gasteiger partial charge < -0.3 is 15.0 Å². The summed E-state index contributed by atoms with van der Waals surface area (Å²) in [6, 6.07) is 9.27. The first-order valence-corrected chi connectivity index (χ1v) is 7.18. The molecule has 2 atom stereocenters. The minimum absolute atomic E-state index is 0.418. The van der Waals surface area contributed by atoms with E-state index in [0.29, 0.717) is 12.0 Å². The highest BCUT2D eigenvalue weighted by Gasteiger charge is 2.24. The Kier molecular flexibility index (Phi) is 5.37. The lowest BCUT2D eigenvalue weighted by molar-refractivity contribution is 0.152. The lowest BCUT2D eigenvalue weighted by Gasteiger charge is -2.24. The first-order valence-electron chi connectivity index (χ1n) is 7.18. The van der Waals surface area contributed by atoms with Crippen molar-refractivity contribution in [1.82, 2.24) is 10.2 Å². The molecule has 0 aliphatic carbocycles. The molecule has 2 unspecified atom stereocenters. The molecule has 0 bridgehead atoms. The van der Waals surface area contributed by atoms with Gasteiger partial charge in [-0.1, -0.05) is 29.8 Å². The Labute approximate surface area is 116 Å². The van der Waals surface area contributed by atoms with Crippen LogP contribution in [0.1, 0.15) is 23.6 Å². The van der Waals surface area contributed by atoms with E-state index in [9.17, 15) is 0 Å². The molecule has 2 rings (SSSR count). The molecule has 1 aromatic carbocycles. The lowest BCUT2D eigenvalue weighted by Crippen LogP contribution is -2.32. The summed E-state index contributed by atoms with van der Waals surface area (Å²) >= 11 is 0. The molecule has 0 spiro atoms. The zero-order chi connectivity index (χ0) is 13.7. The third-order valence-corrected chi connectivity index (χ3v) is 4.04. The average molecular weight is 262 g/mol. The van der Waals surface area contributed by atoms with Crippen LogP contribution >= 0.6 is 0 Å². The van der Waals surface area contributed by atoms with Crippen LogP contribution in [-0.4, -0.2) is 45.3 Å². The van der Waals surface area contributed by atoms with E-state index in [4.69, 9.17) is 4.74 Å². The van der Waals surface area contributed by atoms with Crippen molar-refractivity contribution in [1.29, 1.82) is 0 Å². The molecule has 1 N–H and O–H groups in total. The third kappa shape index (κ3) is 4.03. The van der Waals surface area contributed by atoms with Crippen molar-refractivity contribution in [3.8, 4) is 0 Å². The number of methoxy groups -OCH3 is 1. The number of aryl methyl sites for hydroxylation is 1. The van der Waals surface area contributed by atoms with Gasteiger partial charge in [0.05, 0.1) is 6.61 Å². The summed E-state index contributed by atoms with van der Waals surface area (Å²) in [7, 11) is 3.85. The summed E-state index contributed by atoms with van der Waals surface area (Å²) in [5.74, 6) is 0.709. The average Bonchev–Trinajstić information content (AvgIpc) is 2.85. The van der Waals surface area contributed by atoms with E-state index in [1.807, 2.05) is 7.05 Å². The molecular weight excluding hydrogens is 236 g/mol. The number of nitrogens with zero attached hydrogens (tertiary/aromatic N) is 1. The molecule has 1 aromatic rings. The number of ether oxygens (including phenoxy) is 1. The van der Waals surface area contributed by atoms with Gasteiger partial charge in [0.2, 0.25) is 0 Å². The van der Waals surface area contributed by atoms with Gasteiger partial charge in [-0.3, -0.25) is 0 Å². The smallest absolute Gasteiger partial charge is 0.0503 e. The molecule has 1 aliphatic heterocycles. The molecule has 1 heterocycles. The van der Waals surface area contributed by atoms with E-state index in [1.165, 1.54) is 24.1 Å². The van der Waals surface area contributed by atoms with Gasteiger partial charge in [0.1, 0.15) is 0 Å². The molecule has 1 fully saturated rings. The predicted octanol–water partition coefficient (Wildman–Crippen LogP) is 2.22. The summed E-state index contributed by atoms with van der Waals surface area (Å²) in [5, 5.41) is 3.44. The van der Waals surface area contributed by atoms with E-state index in [0.717, 1.165) is 19.7 Å². The number of benzene rings is 1. The summed E-state index contributed by atoms with van der Waals surface area (Å²) in [6.07, 6.45) is 1.26. The lowest BCUT2D eigenvalue weighted by atomic mass is 10.0. The van der Waals surface area contributed by atoms with Crippen molar-refractivity contribution in [2.75, 3.05) is 40.4 Å². The Morgan fingerprint density at radius 2 is 2.11 bits per heavy atom. The van der Waals surface area contributed by atoms with Crippen LogP contribution in [0, 0.1) is 12.8 Å². The quantitative estimate of drug-likeness (QED) is 0.851. The zero-order valence-electron chi connectivity index (χ0n) is 12.4. The van der Waals surface area contributed by atoms with Gasteiger partial charge in [-0.2, -0.15) is 0 Å². The van der Waals surface area contributed by atoms with E-state index in [1.54, 1.807) is 7.11 Å². The van der Waals surface area contributed by atoms with Crippen molar-refractivity contribution in [3.05, 3.63) is 35.4 Å². The molecule has 0 saturated carbocycles. The Balaban J connectivity index is 1.91. The first kappa shape index (κ1) is 14.5. The number of hydrogen-bond donors (Lipinski definition) is 1. The summed E-state index contributed by atoms with van der Waals surface area (Å²) < 4.78 is 5.26. The second kappa shape index (κ2) is 7.04. The second-order valence-corrected chi connectivity index (χ2v) is 5.62. The number of nitrogens with one attached hydrogen (secondary N) is 1. The number of hydrogen-bond acceptors (Lipinski definition) is 3. The molecule has 106 valence electrons. The zero-order valence-corrected chi connectivity index (χ0v) is 12.4. The Morgan fingerprint density at radius 1 is 1.37 bits per heavy atom. The van der Waals surface area contributed by atoms with Gasteiger partial charge >= 0.3 is 0 Å². The number of likely N-dealkylation sites (tertiary alicyclic amines) is 1. The van der Waals surface area contributed by atoms with Gasteiger partial charge in [0.15, 0.2) is 0 Å². The molecule has 1 aliphatic rings. The normalized spacial score (nSPS) is 21.7. The van der Waals surface area contributed by atoms with Crippen molar-refractivity contribution >= 4 is 0 Å². The third-order valence-electron chi connectivity index (χ3n) is 4.04. The fourth-order valence-electron chi connectivity index (χ4n) is 2.87. The Bertz CT molecular complexity index is 377. The van der Waals surface area contributed by atoms with Crippen LogP contribution in [0.25, 0.3) is 0 Å². The van der Waals surface area contributed by atoms with Crippen molar-refractivity contribution < 1.29 is 4.74 Å². The fraction of sp³-hybridized carbons (Fsp3) is 0.625. The number of rotatable bonds is 6. The van der Waals surface area contributed by atoms with Gasteiger partial charge in [-0.15, -0.1) is 0 Å². The van der Waals surface area contributed by atoms with Gasteiger partial charge in [-0.25, -0.2) is 0 Å².